The number of carbonyl (C=O) groups is 1. The Morgan fingerprint density at radius 3 is 2.47 bits per heavy atom. The van der Waals surface area contributed by atoms with Crippen LogP contribution in [0.1, 0.15) is 23.9 Å². The van der Waals surface area contributed by atoms with E-state index in [1.165, 1.54) is 6.07 Å². The summed E-state index contributed by atoms with van der Waals surface area (Å²) in [6.07, 6.45) is -0.652. The molecule has 0 radical (unpaired) electrons. The van der Waals surface area contributed by atoms with Crippen LogP contribution in [-0.4, -0.2) is 21.6 Å². The molecule has 1 N–H and O–H groups in total. The number of rotatable bonds is 7. The minimum atomic E-state index is -0.652. The van der Waals surface area contributed by atoms with Gasteiger partial charge in [-0.25, -0.2) is 4.98 Å². The zero-order chi connectivity index (χ0) is 22.7. The standard InChI is InChI=1S/C24H23N3O5/c1-15-4-8-21(9-5-15)31-17(3)24(29)26-18-6-10-20(11-7-18)30-14-19-13-23(28)27-22(25-19)12-16(2)32-27/h4-13,17H,14H2,1-3H3,(H,26,29)/t17-/m1/s1. The lowest BCUT2D eigenvalue weighted by atomic mass is 10.2. The summed E-state index contributed by atoms with van der Waals surface area (Å²) in [6.45, 7) is 5.56. The van der Waals surface area contributed by atoms with Crippen molar-refractivity contribution in [3.05, 3.63) is 88.0 Å². The Bertz CT molecular complexity index is 1290. The summed E-state index contributed by atoms with van der Waals surface area (Å²) < 4.78 is 17.8. The van der Waals surface area contributed by atoms with Gasteiger partial charge in [0.15, 0.2) is 11.8 Å². The minimum absolute atomic E-state index is 0.128. The monoisotopic (exact) mass is 433 g/mol. The summed E-state index contributed by atoms with van der Waals surface area (Å²) in [5.41, 5.74) is 2.37. The molecule has 2 aromatic carbocycles. The highest BCUT2D eigenvalue weighted by Gasteiger charge is 2.15. The van der Waals surface area contributed by atoms with Crippen molar-refractivity contribution in [1.82, 2.24) is 9.56 Å². The SMILES string of the molecule is Cc1ccc(O[C@H](C)C(=O)Nc2ccc(OCc3cc(=O)n4oc(C)cc4n3)cc2)cc1. The van der Waals surface area contributed by atoms with E-state index in [0.29, 0.717) is 34.3 Å². The summed E-state index contributed by atoms with van der Waals surface area (Å²) in [5.74, 6) is 1.56. The van der Waals surface area contributed by atoms with Crippen molar-refractivity contribution in [3.63, 3.8) is 0 Å². The molecule has 0 aliphatic rings. The van der Waals surface area contributed by atoms with E-state index in [2.05, 4.69) is 10.3 Å². The lowest BCUT2D eigenvalue weighted by Crippen LogP contribution is -2.30. The molecule has 1 atom stereocenters. The van der Waals surface area contributed by atoms with Gasteiger partial charge in [0.1, 0.15) is 23.9 Å². The Balaban J connectivity index is 1.33. The van der Waals surface area contributed by atoms with Crippen molar-refractivity contribution < 1.29 is 18.8 Å². The van der Waals surface area contributed by atoms with E-state index in [9.17, 15) is 9.59 Å². The Morgan fingerprint density at radius 1 is 1.06 bits per heavy atom. The van der Waals surface area contributed by atoms with Crippen LogP contribution in [0.15, 0.2) is 70.0 Å². The molecule has 4 rings (SSSR count). The van der Waals surface area contributed by atoms with Gasteiger partial charge in [-0.3, -0.25) is 9.59 Å². The van der Waals surface area contributed by atoms with Crippen molar-refractivity contribution in [2.24, 2.45) is 0 Å². The van der Waals surface area contributed by atoms with E-state index < -0.39 is 6.10 Å². The maximum absolute atomic E-state index is 12.4. The number of fused-ring (bicyclic) bond motifs is 1. The molecule has 8 heteroatoms. The topological polar surface area (TPSA) is 95.1 Å². The largest absolute Gasteiger partial charge is 0.487 e. The minimum Gasteiger partial charge on any atom is -0.487 e. The van der Waals surface area contributed by atoms with Crippen LogP contribution in [-0.2, 0) is 11.4 Å². The van der Waals surface area contributed by atoms with Gasteiger partial charge in [0.05, 0.1) is 5.69 Å². The van der Waals surface area contributed by atoms with Crippen LogP contribution in [0.5, 0.6) is 11.5 Å². The van der Waals surface area contributed by atoms with Crippen molar-refractivity contribution in [1.29, 1.82) is 0 Å². The molecular weight excluding hydrogens is 410 g/mol. The van der Waals surface area contributed by atoms with Gasteiger partial charge in [-0.2, -0.15) is 0 Å². The van der Waals surface area contributed by atoms with Crippen molar-refractivity contribution in [3.8, 4) is 11.5 Å². The van der Waals surface area contributed by atoms with Crippen LogP contribution < -0.4 is 20.3 Å². The van der Waals surface area contributed by atoms with Gasteiger partial charge in [-0.05, 0) is 57.2 Å². The Kier molecular flexibility index (Phi) is 5.93. The van der Waals surface area contributed by atoms with E-state index in [4.69, 9.17) is 14.0 Å². The molecule has 4 aromatic rings. The second-order valence-corrected chi connectivity index (χ2v) is 7.46. The zero-order valence-electron chi connectivity index (χ0n) is 18.0. The first-order chi connectivity index (χ1) is 15.4. The molecule has 0 aliphatic heterocycles. The Morgan fingerprint density at radius 2 is 1.75 bits per heavy atom. The number of ether oxygens (including phenoxy) is 2. The van der Waals surface area contributed by atoms with E-state index in [1.54, 1.807) is 44.2 Å². The summed E-state index contributed by atoms with van der Waals surface area (Å²) in [7, 11) is 0. The highest BCUT2D eigenvalue weighted by molar-refractivity contribution is 5.94. The summed E-state index contributed by atoms with van der Waals surface area (Å²) in [5, 5.41) is 2.82. The first-order valence-electron chi connectivity index (χ1n) is 10.1. The second-order valence-electron chi connectivity index (χ2n) is 7.46. The first kappa shape index (κ1) is 21.2. The average Bonchev–Trinajstić information content (AvgIpc) is 3.15. The number of nitrogens with zero attached hydrogens (tertiary/aromatic N) is 2. The van der Waals surface area contributed by atoms with Gasteiger partial charge in [0.25, 0.3) is 11.5 Å². The average molecular weight is 433 g/mol. The molecule has 0 bridgehead atoms. The molecule has 0 unspecified atom stereocenters. The number of aromatic nitrogens is 2. The maximum atomic E-state index is 12.4. The molecule has 0 fully saturated rings. The number of nitrogens with one attached hydrogen (secondary N) is 1. The first-order valence-corrected chi connectivity index (χ1v) is 10.1. The molecule has 0 spiro atoms. The third-order valence-electron chi connectivity index (χ3n) is 4.74. The third kappa shape index (κ3) is 4.97. The van der Waals surface area contributed by atoms with Gasteiger partial charge >= 0.3 is 0 Å². The Labute approximate surface area is 184 Å². The fourth-order valence-electron chi connectivity index (χ4n) is 3.06. The van der Waals surface area contributed by atoms with Crippen LogP contribution in [0, 0.1) is 13.8 Å². The van der Waals surface area contributed by atoms with Gasteiger partial charge in [0, 0.05) is 17.8 Å². The summed E-state index contributed by atoms with van der Waals surface area (Å²) >= 11 is 0. The van der Waals surface area contributed by atoms with Gasteiger partial charge < -0.3 is 19.3 Å². The fraction of sp³-hybridized carbons (Fsp3) is 0.208. The van der Waals surface area contributed by atoms with E-state index in [1.807, 2.05) is 31.2 Å². The van der Waals surface area contributed by atoms with Crippen molar-refractivity contribution >= 4 is 17.2 Å². The molecule has 0 saturated heterocycles. The molecule has 164 valence electrons. The van der Waals surface area contributed by atoms with E-state index in [0.717, 1.165) is 10.1 Å². The van der Waals surface area contributed by atoms with Gasteiger partial charge in [0.2, 0.25) is 0 Å². The van der Waals surface area contributed by atoms with Crippen molar-refractivity contribution in [2.45, 2.75) is 33.5 Å². The fourth-order valence-corrected chi connectivity index (χ4v) is 3.06. The van der Waals surface area contributed by atoms with E-state index >= 15 is 0 Å². The lowest BCUT2D eigenvalue weighted by molar-refractivity contribution is -0.122. The second kappa shape index (κ2) is 8.97. The van der Waals surface area contributed by atoms with E-state index in [-0.39, 0.29) is 18.1 Å². The van der Waals surface area contributed by atoms with Gasteiger partial charge in [-0.1, -0.05) is 17.7 Å². The molecule has 2 heterocycles. The normalized spacial score (nSPS) is 11.8. The molecule has 32 heavy (non-hydrogen) atoms. The van der Waals surface area contributed by atoms with Crippen LogP contribution in [0.4, 0.5) is 5.69 Å². The molecule has 0 saturated carbocycles. The predicted octanol–water partition coefficient (Wildman–Crippen LogP) is 3.89. The Hall–Kier alpha value is -4.07. The molecular formula is C24H23N3O5. The van der Waals surface area contributed by atoms with Crippen LogP contribution in [0.25, 0.3) is 5.65 Å². The maximum Gasteiger partial charge on any atom is 0.287 e. The quantitative estimate of drug-likeness (QED) is 0.475. The third-order valence-corrected chi connectivity index (χ3v) is 4.74. The zero-order valence-corrected chi connectivity index (χ0v) is 18.0. The van der Waals surface area contributed by atoms with Crippen molar-refractivity contribution in [2.75, 3.05) is 5.32 Å². The number of anilines is 1. The smallest absolute Gasteiger partial charge is 0.287 e. The summed E-state index contributed by atoms with van der Waals surface area (Å²) in [4.78, 5) is 28.8. The molecule has 8 nitrogen and oxygen atoms in total. The number of amides is 1. The molecule has 2 aromatic heterocycles. The number of carbonyl (C=O) groups excluding carboxylic acids is 1. The summed E-state index contributed by atoms with van der Waals surface area (Å²) in [6, 6.07) is 17.5. The molecule has 0 aliphatic carbocycles. The number of aryl methyl sites for hydroxylation is 2. The van der Waals surface area contributed by atoms with Crippen LogP contribution >= 0.6 is 0 Å². The van der Waals surface area contributed by atoms with Gasteiger partial charge in [-0.15, -0.1) is 4.57 Å². The molecule has 1 amide bonds. The lowest BCUT2D eigenvalue weighted by Gasteiger charge is -2.15. The number of hydrogen-bond acceptors (Lipinski definition) is 6. The predicted molar refractivity (Wildman–Crippen MR) is 119 cm³/mol. The number of benzene rings is 2. The number of hydrogen-bond donors (Lipinski definition) is 1. The highest BCUT2D eigenvalue weighted by Crippen LogP contribution is 2.18. The highest BCUT2D eigenvalue weighted by atomic mass is 16.5. The van der Waals surface area contributed by atoms with Crippen LogP contribution in [0.3, 0.4) is 0 Å². The van der Waals surface area contributed by atoms with Crippen LogP contribution in [0.2, 0.25) is 0 Å².